The molecule has 1 N–H and O–H groups in total. The molecular formula is C17H22N2O5. The van der Waals surface area contributed by atoms with Gasteiger partial charge in [-0.2, -0.15) is 0 Å². The molecule has 0 spiro atoms. The molecule has 0 unspecified atom stereocenters. The highest BCUT2D eigenvalue weighted by atomic mass is 16.7. The number of benzene rings is 1. The Balaban J connectivity index is 1.46. The van der Waals surface area contributed by atoms with Crippen LogP contribution in [0.25, 0.3) is 0 Å². The van der Waals surface area contributed by atoms with Gasteiger partial charge in [0.1, 0.15) is 0 Å². The van der Waals surface area contributed by atoms with Crippen LogP contribution < -0.4 is 9.47 Å². The van der Waals surface area contributed by atoms with Crippen molar-refractivity contribution in [3.8, 4) is 11.5 Å². The number of fused-ring (bicyclic) bond motifs is 1. The van der Waals surface area contributed by atoms with E-state index < -0.39 is 5.97 Å². The monoisotopic (exact) mass is 334 g/mol. The van der Waals surface area contributed by atoms with Crippen molar-refractivity contribution >= 4 is 11.9 Å². The molecule has 1 fully saturated rings. The highest BCUT2D eigenvalue weighted by Crippen LogP contribution is 2.32. The van der Waals surface area contributed by atoms with E-state index in [0.717, 1.165) is 26.1 Å². The van der Waals surface area contributed by atoms with E-state index in [9.17, 15) is 9.59 Å². The first-order chi connectivity index (χ1) is 11.6. The third-order valence-corrected chi connectivity index (χ3v) is 4.39. The van der Waals surface area contributed by atoms with Gasteiger partial charge in [0.25, 0.3) is 5.91 Å². The Morgan fingerprint density at radius 3 is 2.54 bits per heavy atom. The molecule has 3 rings (SSSR count). The zero-order valence-corrected chi connectivity index (χ0v) is 13.6. The summed E-state index contributed by atoms with van der Waals surface area (Å²) in [6.07, 6.45) is 1.80. The summed E-state index contributed by atoms with van der Waals surface area (Å²) in [5.74, 6) is 0.573. The molecule has 7 heteroatoms. The van der Waals surface area contributed by atoms with E-state index in [0.29, 0.717) is 36.6 Å². The normalized spacial score (nSPS) is 17.1. The van der Waals surface area contributed by atoms with Gasteiger partial charge in [-0.3, -0.25) is 14.5 Å². The van der Waals surface area contributed by atoms with Crippen molar-refractivity contribution < 1.29 is 24.2 Å². The average molecular weight is 334 g/mol. The summed E-state index contributed by atoms with van der Waals surface area (Å²) in [6, 6.07) is 5.28. The van der Waals surface area contributed by atoms with Crippen molar-refractivity contribution in [2.75, 3.05) is 39.5 Å². The number of rotatable bonds is 6. The van der Waals surface area contributed by atoms with Gasteiger partial charge in [-0.25, -0.2) is 0 Å². The SMILES string of the molecule is O=C(O)CCCCN1CCN(C(=O)c2ccc3c(c2)OCO3)CC1. The van der Waals surface area contributed by atoms with Crippen LogP contribution in [-0.2, 0) is 4.79 Å². The fourth-order valence-electron chi connectivity index (χ4n) is 3.00. The Kier molecular flexibility index (Phi) is 5.20. The number of piperazine rings is 1. The van der Waals surface area contributed by atoms with E-state index in [1.165, 1.54) is 0 Å². The largest absolute Gasteiger partial charge is 0.481 e. The van der Waals surface area contributed by atoms with E-state index in [-0.39, 0.29) is 19.1 Å². The van der Waals surface area contributed by atoms with E-state index in [1.807, 2.05) is 4.90 Å². The quantitative estimate of drug-likeness (QED) is 0.793. The van der Waals surface area contributed by atoms with Crippen LogP contribution in [0.15, 0.2) is 18.2 Å². The molecule has 2 aliphatic rings. The number of unbranched alkanes of at least 4 members (excludes halogenated alkanes) is 1. The maximum Gasteiger partial charge on any atom is 0.303 e. The van der Waals surface area contributed by atoms with Gasteiger partial charge >= 0.3 is 5.97 Å². The number of ether oxygens (including phenoxy) is 2. The van der Waals surface area contributed by atoms with Crippen LogP contribution in [0.4, 0.5) is 0 Å². The highest BCUT2D eigenvalue weighted by molar-refractivity contribution is 5.95. The first kappa shape index (κ1) is 16.6. The Morgan fingerprint density at radius 1 is 1.04 bits per heavy atom. The first-order valence-electron chi connectivity index (χ1n) is 8.26. The number of carboxylic acid groups (broad SMARTS) is 1. The van der Waals surface area contributed by atoms with Crippen LogP contribution in [0.3, 0.4) is 0 Å². The molecule has 1 aromatic carbocycles. The molecule has 2 aliphatic heterocycles. The molecule has 0 radical (unpaired) electrons. The van der Waals surface area contributed by atoms with Gasteiger partial charge in [0, 0.05) is 38.2 Å². The molecule has 0 bridgehead atoms. The predicted molar refractivity (Wildman–Crippen MR) is 86.4 cm³/mol. The number of carboxylic acids is 1. The van der Waals surface area contributed by atoms with Gasteiger partial charge in [-0.1, -0.05) is 0 Å². The average Bonchev–Trinajstić information content (AvgIpc) is 3.06. The van der Waals surface area contributed by atoms with Crippen LogP contribution in [0.2, 0.25) is 0 Å². The number of carbonyl (C=O) groups excluding carboxylic acids is 1. The number of aliphatic carboxylic acids is 1. The predicted octanol–water partition coefficient (Wildman–Crippen LogP) is 1.43. The lowest BCUT2D eigenvalue weighted by molar-refractivity contribution is -0.137. The van der Waals surface area contributed by atoms with Crippen LogP contribution in [0, 0.1) is 0 Å². The lowest BCUT2D eigenvalue weighted by Crippen LogP contribution is -2.48. The smallest absolute Gasteiger partial charge is 0.303 e. The number of nitrogens with zero attached hydrogens (tertiary/aromatic N) is 2. The lowest BCUT2D eigenvalue weighted by Gasteiger charge is -2.34. The Labute approximate surface area is 140 Å². The number of hydrogen-bond donors (Lipinski definition) is 1. The molecule has 130 valence electrons. The summed E-state index contributed by atoms with van der Waals surface area (Å²) < 4.78 is 10.6. The van der Waals surface area contributed by atoms with E-state index in [2.05, 4.69) is 4.90 Å². The van der Waals surface area contributed by atoms with Gasteiger partial charge in [-0.05, 0) is 37.6 Å². The van der Waals surface area contributed by atoms with Crippen molar-refractivity contribution in [3.63, 3.8) is 0 Å². The minimum atomic E-state index is -0.742. The fraction of sp³-hybridized carbons (Fsp3) is 0.529. The molecule has 0 aliphatic carbocycles. The topological polar surface area (TPSA) is 79.3 Å². The van der Waals surface area contributed by atoms with E-state index in [4.69, 9.17) is 14.6 Å². The second kappa shape index (κ2) is 7.53. The standard InChI is InChI=1S/C17H22N2O5/c20-16(21)3-1-2-6-18-7-9-19(10-8-18)17(22)13-4-5-14-15(11-13)24-12-23-14/h4-5,11H,1-3,6-10,12H2,(H,20,21). The molecule has 1 aromatic rings. The molecule has 0 saturated carbocycles. The minimum Gasteiger partial charge on any atom is -0.481 e. The zero-order valence-electron chi connectivity index (χ0n) is 13.6. The van der Waals surface area contributed by atoms with Gasteiger partial charge < -0.3 is 19.5 Å². The molecule has 0 aromatic heterocycles. The van der Waals surface area contributed by atoms with Crippen molar-refractivity contribution in [1.29, 1.82) is 0 Å². The van der Waals surface area contributed by atoms with Gasteiger partial charge in [-0.15, -0.1) is 0 Å². The summed E-state index contributed by atoms with van der Waals surface area (Å²) in [7, 11) is 0. The van der Waals surface area contributed by atoms with Gasteiger partial charge in [0.15, 0.2) is 11.5 Å². The first-order valence-corrected chi connectivity index (χ1v) is 8.26. The molecule has 7 nitrogen and oxygen atoms in total. The van der Waals surface area contributed by atoms with Crippen LogP contribution in [0.5, 0.6) is 11.5 Å². The minimum absolute atomic E-state index is 0.0128. The van der Waals surface area contributed by atoms with Crippen molar-refractivity contribution in [3.05, 3.63) is 23.8 Å². The number of carbonyl (C=O) groups is 2. The Bertz CT molecular complexity index is 611. The van der Waals surface area contributed by atoms with E-state index in [1.54, 1.807) is 18.2 Å². The van der Waals surface area contributed by atoms with Crippen molar-refractivity contribution in [2.45, 2.75) is 19.3 Å². The Morgan fingerprint density at radius 2 is 1.79 bits per heavy atom. The molecular weight excluding hydrogens is 312 g/mol. The molecule has 0 atom stereocenters. The number of hydrogen-bond acceptors (Lipinski definition) is 5. The summed E-state index contributed by atoms with van der Waals surface area (Å²) in [6.45, 7) is 4.11. The summed E-state index contributed by atoms with van der Waals surface area (Å²) >= 11 is 0. The summed E-state index contributed by atoms with van der Waals surface area (Å²) in [5, 5.41) is 8.64. The van der Waals surface area contributed by atoms with Crippen molar-refractivity contribution in [2.24, 2.45) is 0 Å². The molecule has 2 heterocycles. The Hall–Kier alpha value is -2.28. The van der Waals surface area contributed by atoms with Crippen LogP contribution >= 0.6 is 0 Å². The van der Waals surface area contributed by atoms with Gasteiger partial charge in [0.05, 0.1) is 0 Å². The molecule has 24 heavy (non-hydrogen) atoms. The third kappa shape index (κ3) is 3.97. The van der Waals surface area contributed by atoms with Crippen LogP contribution in [-0.4, -0.2) is 66.3 Å². The maximum absolute atomic E-state index is 12.6. The lowest BCUT2D eigenvalue weighted by atomic mass is 10.1. The summed E-state index contributed by atoms with van der Waals surface area (Å²) in [5.41, 5.74) is 0.620. The zero-order chi connectivity index (χ0) is 16.9. The fourth-order valence-corrected chi connectivity index (χ4v) is 3.00. The maximum atomic E-state index is 12.6. The molecule has 1 amide bonds. The van der Waals surface area contributed by atoms with E-state index >= 15 is 0 Å². The molecule has 1 saturated heterocycles. The van der Waals surface area contributed by atoms with Crippen LogP contribution in [0.1, 0.15) is 29.6 Å². The second-order valence-corrected chi connectivity index (χ2v) is 6.05. The second-order valence-electron chi connectivity index (χ2n) is 6.05. The van der Waals surface area contributed by atoms with Gasteiger partial charge in [0.2, 0.25) is 6.79 Å². The third-order valence-electron chi connectivity index (χ3n) is 4.39. The highest BCUT2D eigenvalue weighted by Gasteiger charge is 2.23. The number of amides is 1. The van der Waals surface area contributed by atoms with Crippen molar-refractivity contribution in [1.82, 2.24) is 9.80 Å². The summed E-state index contributed by atoms with van der Waals surface area (Å²) in [4.78, 5) is 27.2.